The summed E-state index contributed by atoms with van der Waals surface area (Å²) in [4.78, 5) is 4.41. The van der Waals surface area contributed by atoms with Crippen LogP contribution in [-0.4, -0.2) is 45.0 Å². The predicted octanol–water partition coefficient (Wildman–Crippen LogP) is 2.42. The van der Waals surface area contributed by atoms with Gasteiger partial charge in [-0.05, 0) is 37.6 Å². The number of hydrogen-bond acceptors (Lipinski definition) is 4. The summed E-state index contributed by atoms with van der Waals surface area (Å²) in [5.74, 6) is 0. The Bertz CT molecular complexity index is 540. The fourth-order valence-corrected chi connectivity index (χ4v) is 2.42. The number of nitrogens with one attached hydrogen (secondary N) is 1. The lowest BCUT2D eigenvalue weighted by Crippen LogP contribution is -2.29. The molecule has 21 heavy (non-hydrogen) atoms. The van der Waals surface area contributed by atoms with Gasteiger partial charge in [0.15, 0.2) is 0 Å². The van der Waals surface area contributed by atoms with Crippen molar-refractivity contribution in [2.24, 2.45) is 0 Å². The zero-order chi connectivity index (χ0) is 14.9. The molecule has 0 aliphatic rings. The first-order valence-electron chi connectivity index (χ1n) is 7.41. The van der Waals surface area contributed by atoms with Crippen LogP contribution in [0.25, 0.3) is 10.9 Å². The molecule has 0 saturated carbocycles. The Hall–Kier alpha value is -1.49. The van der Waals surface area contributed by atoms with Gasteiger partial charge in [0.05, 0.1) is 18.7 Å². The number of pyridine rings is 1. The Balaban J connectivity index is 1.94. The van der Waals surface area contributed by atoms with Gasteiger partial charge in [-0.2, -0.15) is 0 Å². The summed E-state index contributed by atoms with van der Waals surface area (Å²) >= 11 is 0. The highest BCUT2D eigenvalue weighted by atomic mass is 16.5. The van der Waals surface area contributed by atoms with Gasteiger partial charge in [0.1, 0.15) is 0 Å². The highest BCUT2D eigenvalue weighted by molar-refractivity contribution is 5.81. The van der Waals surface area contributed by atoms with E-state index in [1.165, 1.54) is 10.9 Å². The average molecular weight is 288 g/mol. The fraction of sp³-hybridized carbons (Fsp3) is 0.471. The molecule has 0 spiro atoms. The van der Waals surface area contributed by atoms with Crippen molar-refractivity contribution in [1.82, 2.24) is 10.3 Å². The van der Waals surface area contributed by atoms with Crippen molar-refractivity contribution in [3.05, 3.63) is 42.1 Å². The third-order valence-electron chi connectivity index (χ3n) is 3.66. The monoisotopic (exact) mass is 288 g/mol. The zero-order valence-electron chi connectivity index (χ0n) is 12.8. The van der Waals surface area contributed by atoms with Crippen molar-refractivity contribution in [2.75, 3.05) is 34.0 Å². The normalized spacial score (nSPS) is 12.7. The van der Waals surface area contributed by atoms with Crippen LogP contribution in [0.2, 0.25) is 0 Å². The molecule has 0 aliphatic heterocycles. The quantitative estimate of drug-likeness (QED) is 0.720. The predicted molar refractivity (Wildman–Crippen MR) is 85.6 cm³/mol. The number of aromatic nitrogens is 1. The van der Waals surface area contributed by atoms with Gasteiger partial charge in [0.25, 0.3) is 0 Å². The van der Waals surface area contributed by atoms with E-state index in [1.54, 1.807) is 7.11 Å². The Kier molecular flexibility index (Phi) is 6.60. The van der Waals surface area contributed by atoms with Gasteiger partial charge < -0.3 is 14.8 Å². The van der Waals surface area contributed by atoms with Gasteiger partial charge in [0, 0.05) is 31.3 Å². The van der Waals surface area contributed by atoms with Crippen LogP contribution in [0.4, 0.5) is 0 Å². The van der Waals surface area contributed by atoms with E-state index in [2.05, 4.69) is 34.6 Å². The van der Waals surface area contributed by atoms with Crippen LogP contribution in [0.5, 0.6) is 0 Å². The standard InChI is InChI=1S/C17H24N2O2/c1-18-15(8-10-21-12-11-20-2)13-14-7-9-19-17-6-4-3-5-16(14)17/h3-7,9,15,18H,8,10-13H2,1-2H3. The molecule has 4 heteroatoms. The maximum absolute atomic E-state index is 5.55. The molecule has 1 aromatic carbocycles. The molecule has 114 valence electrons. The van der Waals surface area contributed by atoms with Gasteiger partial charge in [-0.1, -0.05) is 18.2 Å². The van der Waals surface area contributed by atoms with Crippen LogP contribution < -0.4 is 5.32 Å². The van der Waals surface area contributed by atoms with Crippen LogP contribution in [0, 0.1) is 0 Å². The van der Waals surface area contributed by atoms with Gasteiger partial charge in [-0.25, -0.2) is 0 Å². The Morgan fingerprint density at radius 2 is 2.00 bits per heavy atom. The average Bonchev–Trinajstić information content (AvgIpc) is 2.53. The highest BCUT2D eigenvalue weighted by Gasteiger charge is 2.10. The van der Waals surface area contributed by atoms with Gasteiger partial charge in [0.2, 0.25) is 0 Å². The van der Waals surface area contributed by atoms with Crippen LogP contribution >= 0.6 is 0 Å². The molecule has 1 atom stereocenters. The van der Waals surface area contributed by atoms with Crippen molar-refractivity contribution < 1.29 is 9.47 Å². The molecule has 0 bridgehead atoms. The Morgan fingerprint density at radius 1 is 1.14 bits per heavy atom. The number of nitrogens with zero attached hydrogens (tertiary/aromatic N) is 1. The van der Waals surface area contributed by atoms with Crippen LogP contribution in [-0.2, 0) is 15.9 Å². The number of ether oxygens (including phenoxy) is 2. The minimum atomic E-state index is 0.401. The molecule has 0 saturated heterocycles. The Morgan fingerprint density at radius 3 is 2.81 bits per heavy atom. The first-order valence-corrected chi connectivity index (χ1v) is 7.41. The van der Waals surface area contributed by atoms with Gasteiger partial charge >= 0.3 is 0 Å². The summed E-state index contributed by atoms with van der Waals surface area (Å²) in [6, 6.07) is 10.8. The number of fused-ring (bicyclic) bond motifs is 1. The SMILES string of the molecule is CNC(CCOCCOC)Cc1ccnc2ccccc12. The number of methoxy groups -OCH3 is 1. The van der Waals surface area contributed by atoms with E-state index in [9.17, 15) is 0 Å². The molecule has 4 nitrogen and oxygen atoms in total. The fourth-order valence-electron chi connectivity index (χ4n) is 2.42. The minimum Gasteiger partial charge on any atom is -0.382 e. The maximum atomic E-state index is 5.55. The van der Waals surface area contributed by atoms with E-state index in [1.807, 2.05) is 19.3 Å². The molecule has 2 rings (SSSR count). The number of benzene rings is 1. The highest BCUT2D eigenvalue weighted by Crippen LogP contribution is 2.18. The van der Waals surface area contributed by atoms with Crippen LogP contribution in [0.15, 0.2) is 36.5 Å². The number of rotatable bonds is 9. The third-order valence-corrected chi connectivity index (χ3v) is 3.66. The molecule has 1 aromatic heterocycles. The lowest BCUT2D eigenvalue weighted by atomic mass is 10.0. The first-order chi connectivity index (χ1) is 10.3. The van der Waals surface area contributed by atoms with Crippen molar-refractivity contribution in [3.63, 3.8) is 0 Å². The number of para-hydroxylation sites is 1. The molecule has 1 unspecified atom stereocenters. The second-order valence-electron chi connectivity index (χ2n) is 5.07. The van der Waals surface area contributed by atoms with Gasteiger partial charge in [-0.3, -0.25) is 4.98 Å². The van der Waals surface area contributed by atoms with Crippen LogP contribution in [0.1, 0.15) is 12.0 Å². The second kappa shape index (κ2) is 8.72. The molecule has 1 heterocycles. The molecule has 0 aliphatic carbocycles. The van der Waals surface area contributed by atoms with Crippen molar-refractivity contribution in [3.8, 4) is 0 Å². The van der Waals surface area contributed by atoms with E-state index >= 15 is 0 Å². The van der Waals surface area contributed by atoms with E-state index in [0.717, 1.165) is 25.0 Å². The summed E-state index contributed by atoms with van der Waals surface area (Å²) in [6.07, 6.45) is 3.85. The smallest absolute Gasteiger partial charge is 0.0704 e. The van der Waals surface area contributed by atoms with Crippen molar-refractivity contribution in [2.45, 2.75) is 18.9 Å². The number of likely N-dealkylation sites (N-methyl/N-ethyl adjacent to an activating group) is 1. The summed E-state index contributed by atoms with van der Waals surface area (Å²) in [5, 5.41) is 4.61. The van der Waals surface area contributed by atoms with Crippen molar-refractivity contribution in [1.29, 1.82) is 0 Å². The molecule has 0 fully saturated rings. The van der Waals surface area contributed by atoms with E-state index in [-0.39, 0.29) is 0 Å². The summed E-state index contributed by atoms with van der Waals surface area (Å²) < 4.78 is 10.5. The summed E-state index contributed by atoms with van der Waals surface area (Å²) in [5.41, 5.74) is 2.39. The minimum absolute atomic E-state index is 0.401. The summed E-state index contributed by atoms with van der Waals surface area (Å²) in [7, 11) is 3.69. The first kappa shape index (κ1) is 15.9. The molecule has 0 radical (unpaired) electrons. The molecule has 0 amide bonds. The lowest BCUT2D eigenvalue weighted by Gasteiger charge is -2.17. The third kappa shape index (κ3) is 4.77. The second-order valence-corrected chi connectivity index (χ2v) is 5.07. The molecule has 2 aromatic rings. The lowest BCUT2D eigenvalue weighted by molar-refractivity contribution is 0.0661. The maximum Gasteiger partial charge on any atom is 0.0704 e. The largest absolute Gasteiger partial charge is 0.382 e. The zero-order valence-corrected chi connectivity index (χ0v) is 12.8. The molecular formula is C17H24N2O2. The van der Waals surface area contributed by atoms with E-state index < -0.39 is 0 Å². The van der Waals surface area contributed by atoms with Gasteiger partial charge in [-0.15, -0.1) is 0 Å². The van der Waals surface area contributed by atoms with Crippen molar-refractivity contribution >= 4 is 10.9 Å². The Labute approximate surface area is 126 Å². The van der Waals surface area contributed by atoms with Crippen LogP contribution in [0.3, 0.4) is 0 Å². The number of hydrogen-bond donors (Lipinski definition) is 1. The topological polar surface area (TPSA) is 43.4 Å². The van der Waals surface area contributed by atoms with E-state index in [0.29, 0.717) is 19.3 Å². The summed E-state index contributed by atoms with van der Waals surface area (Å²) in [6.45, 7) is 2.06. The van der Waals surface area contributed by atoms with E-state index in [4.69, 9.17) is 9.47 Å². The molecular weight excluding hydrogens is 264 g/mol. The molecule has 1 N–H and O–H groups in total.